The van der Waals surface area contributed by atoms with Crippen LogP contribution in [-0.4, -0.2) is 53.8 Å². The van der Waals surface area contributed by atoms with Crippen molar-refractivity contribution in [2.24, 2.45) is 0 Å². The van der Waals surface area contributed by atoms with Crippen molar-refractivity contribution in [2.45, 2.75) is 50.2 Å². The van der Waals surface area contributed by atoms with E-state index < -0.39 is 17.2 Å². The number of benzene rings is 1. The molecule has 0 bridgehead atoms. The minimum atomic E-state index is -0.950. The zero-order chi connectivity index (χ0) is 23.0. The molecular weight excluding hydrogens is 454 g/mol. The van der Waals surface area contributed by atoms with Gasteiger partial charge in [-0.3, -0.25) is 4.79 Å². The Labute approximate surface area is 195 Å². The molecule has 3 aliphatic rings. The van der Waals surface area contributed by atoms with Gasteiger partial charge in [0.1, 0.15) is 11.9 Å². The third kappa shape index (κ3) is 4.48. The Balaban J connectivity index is 1.35. The van der Waals surface area contributed by atoms with E-state index in [1.54, 1.807) is 11.0 Å². The minimum Gasteiger partial charge on any atom is -0.472 e. The maximum absolute atomic E-state index is 14.0. The minimum absolute atomic E-state index is 0.0497. The van der Waals surface area contributed by atoms with Crippen LogP contribution < -0.4 is 14.5 Å². The van der Waals surface area contributed by atoms with E-state index in [0.29, 0.717) is 63.0 Å². The topological polar surface area (TPSA) is 67.8 Å². The van der Waals surface area contributed by atoms with Gasteiger partial charge in [0.2, 0.25) is 17.1 Å². The highest BCUT2D eigenvalue weighted by Gasteiger charge is 2.45. The number of nitrogens with zero attached hydrogens (tertiary/aromatic N) is 4. The van der Waals surface area contributed by atoms with Crippen LogP contribution in [0.4, 0.5) is 20.3 Å². The third-order valence-electron chi connectivity index (χ3n) is 6.77. The third-order valence-corrected chi connectivity index (χ3v) is 6.94. The smallest absolute Gasteiger partial charge is 0.227 e. The molecule has 1 aromatic heterocycles. The van der Waals surface area contributed by atoms with Crippen molar-refractivity contribution < 1.29 is 23.0 Å². The Bertz CT molecular complexity index is 1040. The van der Waals surface area contributed by atoms with Crippen LogP contribution in [-0.2, 0) is 9.53 Å². The SMILES string of the molecule is O=C1CCCC2(CCN(c3cc(O[C@H]4CCOC4)nc(Cl)n3)CC2)N1c1ccc(F)c(F)c1. The highest BCUT2D eigenvalue weighted by atomic mass is 35.5. The molecule has 0 aliphatic carbocycles. The van der Waals surface area contributed by atoms with Crippen LogP contribution in [0.3, 0.4) is 0 Å². The average molecular weight is 479 g/mol. The van der Waals surface area contributed by atoms with E-state index in [1.165, 1.54) is 6.07 Å². The molecule has 3 fully saturated rings. The molecule has 33 heavy (non-hydrogen) atoms. The lowest BCUT2D eigenvalue weighted by Crippen LogP contribution is -2.60. The van der Waals surface area contributed by atoms with Crippen molar-refractivity contribution >= 4 is 29.0 Å². The van der Waals surface area contributed by atoms with Gasteiger partial charge in [-0.15, -0.1) is 0 Å². The normalized spacial score (nSPS) is 22.8. The standard InChI is InChI=1S/C23H25ClF2N4O3/c24-22-27-19(13-20(28-22)33-16-5-11-32-14-16)29-9-7-23(8-10-29)6-1-2-21(31)30(23)15-3-4-17(25)18(26)12-15/h3-4,12-13,16H,1-2,5-11,14H2/t16-/m0/s1. The summed E-state index contributed by atoms with van der Waals surface area (Å²) in [6.07, 6.45) is 4.09. The fraction of sp³-hybridized carbons (Fsp3) is 0.522. The maximum Gasteiger partial charge on any atom is 0.227 e. The van der Waals surface area contributed by atoms with E-state index >= 15 is 0 Å². The quantitative estimate of drug-likeness (QED) is 0.615. The summed E-state index contributed by atoms with van der Waals surface area (Å²) in [6.45, 7) is 2.45. The number of carbonyl (C=O) groups is 1. The van der Waals surface area contributed by atoms with Gasteiger partial charge in [-0.05, 0) is 49.4 Å². The van der Waals surface area contributed by atoms with Crippen LogP contribution in [0.25, 0.3) is 0 Å². The highest BCUT2D eigenvalue weighted by Crippen LogP contribution is 2.42. The Morgan fingerprint density at radius 1 is 1.12 bits per heavy atom. The van der Waals surface area contributed by atoms with E-state index in [1.807, 2.05) is 0 Å². The van der Waals surface area contributed by atoms with Crippen LogP contribution in [0.2, 0.25) is 5.28 Å². The molecular formula is C23H25ClF2N4O3. The van der Waals surface area contributed by atoms with Crippen molar-refractivity contribution in [2.75, 3.05) is 36.1 Å². The van der Waals surface area contributed by atoms with Crippen LogP contribution in [0.1, 0.15) is 38.5 Å². The Morgan fingerprint density at radius 2 is 1.94 bits per heavy atom. The van der Waals surface area contributed by atoms with Gasteiger partial charge in [0.05, 0.1) is 18.8 Å². The molecule has 4 heterocycles. The first-order chi connectivity index (χ1) is 15.9. The van der Waals surface area contributed by atoms with Crippen molar-refractivity contribution in [3.05, 3.63) is 41.2 Å². The summed E-state index contributed by atoms with van der Waals surface area (Å²) < 4.78 is 38.7. The molecule has 1 aromatic carbocycles. The van der Waals surface area contributed by atoms with Crippen molar-refractivity contribution in [1.29, 1.82) is 0 Å². The summed E-state index contributed by atoms with van der Waals surface area (Å²) >= 11 is 6.17. The van der Waals surface area contributed by atoms with Gasteiger partial charge in [-0.25, -0.2) is 13.8 Å². The second-order valence-electron chi connectivity index (χ2n) is 8.83. The molecule has 0 N–H and O–H groups in total. The fourth-order valence-electron chi connectivity index (χ4n) is 5.11. The molecule has 3 saturated heterocycles. The number of amides is 1. The Hall–Kier alpha value is -2.52. The molecule has 1 amide bonds. The van der Waals surface area contributed by atoms with Crippen molar-refractivity contribution in [1.82, 2.24) is 9.97 Å². The van der Waals surface area contributed by atoms with E-state index in [-0.39, 0.29) is 17.3 Å². The number of piperidine rings is 2. The first-order valence-corrected chi connectivity index (χ1v) is 11.6. The van der Waals surface area contributed by atoms with Crippen molar-refractivity contribution in [3.8, 4) is 5.88 Å². The monoisotopic (exact) mass is 478 g/mol. The second kappa shape index (κ2) is 9.02. The molecule has 2 aromatic rings. The Morgan fingerprint density at radius 3 is 2.67 bits per heavy atom. The molecule has 0 unspecified atom stereocenters. The van der Waals surface area contributed by atoms with Gasteiger partial charge >= 0.3 is 0 Å². The lowest BCUT2D eigenvalue weighted by atomic mass is 9.78. The molecule has 1 atom stereocenters. The van der Waals surface area contributed by atoms with E-state index in [4.69, 9.17) is 21.1 Å². The largest absolute Gasteiger partial charge is 0.472 e. The number of carbonyl (C=O) groups excluding carboxylic acids is 1. The summed E-state index contributed by atoms with van der Waals surface area (Å²) in [7, 11) is 0. The number of rotatable bonds is 4. The van der Waals surface area contributed by atoms with Gasteiger partial charge < -0.3 is 19.3 Å². The summed E-state index contributed by atoms with van der Waals surface area (Å²) in [4.78, 5) is 25.2. The van der Waals surface area contributed by atoms with Gasteiger partial charge in [0.25, 0.3) is 0 Å². The first kappa shape index (κ1) is 22.3. The summed E-state index contributed by atoms with van der Waals surface area (Å²) in [6, 6.07) is 5.46. The van der Waals surface area contributed by atoms with Crippen LogP contribution in [0.15, 0.2) is 24.3 Å². The Kier molecular flexibility index (Phi) is 6.09. The summed E-state index contributed by atoms with van der Waals surface area (Å²) in [5.41, 5.74) is -0.0282. The number of ether oxygens (including phenoxy) is 2. The van der Waals surface area contributed by atoms with Crippen LogP contribution in [0, 0.1) is 11.6 Å². The van der Waals surface area contributed by atoms with E-state index in [9.17, 15) is 13.6 Å². The lowest BCUT2D eigenvalue weighted by molar-refractivity contribution is -0.121. The van der Waals surface area contributed by atoms with Gasteiger partial charge in [-0.1, -0.05) is 0 Å². The lowest BCUT2D eigenvalue weighted by Gasteiger charge is -2.51. The maximum atomic E-state index is 14.0. The molecule has 10 heteroatoms. The van der Waals surface area contributed by atoms with Gasteiger partial charge in [0, 0.05) is 43.8 Å². The first-order valence-electron chi connectivity index (χ1n) is 11.3. The molecule has 5 rings (SSSR count). The van der Waals surface area contributed by atoms with E-state index in [2.05, 4.69) is 14.9 Å². The second-order valence-corrected chi connectivity index (χ2v) is 9.17. The summed E-state index contributed by atoms with van der Waals surface area (Å²) in [5, 5.41) is 0.109. The number of hydrogen-bond donors (Lipinski definition) is 0. The van der Waals surface area contributed by atoms with Crippen molar-refractivity contribution in [3.63, 3.8) is 0 Å². The molecule has 1 spiro atoms. The highest BCUT2D eigenvalue weighted by molar-refractivity contribution is 6.28. The summed E-state index contributed by atoms with van der Waals surface area (Å²) in [5.74, 6) is -0.846. The van der Waals surface area contributed by atoms with Crippen LogP contribution in [0.5, 0.6) is 5.88 Å². The fourth-order valence-corrected chi connectivity index (χ4v) is 5.28. The van der Waals surface area contributed by atoms with Gasteiger partial charge in [0.15, 0.2) is 11.6 Å². The number of halogens is 3. The molecule has 0 saturated carbocycles. The van der Waals surface area contributed by atoms with Gasteiger partial charge in [-0.2, -0.15) is 4.98 Å². The number of aromatic nitrogens is 2. The zero-order valence-electron chi connectivity index (χ0n) is 18.1. The molecule has 3 aliphatic heterocycles. The molecule has 176 valence electrons. The predicted octanol–water partition coefficient (Wildman–Crippen LogP) is 4.13. The average Bonchev–Trinajstić information content (AvgIpc) is 3.29. The number of hydrogen-bond acceptors (Lipinski definition) is 6. The zero-order valence-corrected chi connectivity index (χ0v) is 18.9. The van der Waals surface area contributed by atoms with Crippen LogP contribution >= 0.6 is 11.6 Å². The van der Waals surface area contributed by atoms with E-state index in [0.717, 1.165) is 31.4 Å². The molecule has 7 nitrogen and oxygen atoms in total. The predicted molar refractivity (Wildman–Crippen MR) is 119 cm³/mol. The molecule has 0 radical (unpaired) electrons. The number of anilines is 2.